The van der Waals surface area contributed by atoms with Crippen LogP contribution in [0, 0.1) is 5.92 Å². The van der Waals surface area contributed by atoms with Gasteiger partial charge in [-0.25, -0.2) is 0 Å². The van der Waals surface area contributed by atoms with Crippen molar-refractivity contribution in [1.29, 1.82) is 0 Å². The van der Waals surface area contributed by atoms with Crippen molar-refractivity contribution in [2.45, 2.75) is 71.4 Å². The molecule has 0 radical (unpaired) electrons. The first-order valence-corrected chi connectivity index (χ1v) is 7.25. The fourth-order valence-corrected chi connectivity index (χ4v) is 2.63. The monoisotopic (exact) mass is 251 g/mol. The van der Waals surface area contributed by atoms with Gasteiger partial charge < -0.3 is 9.84 Å². The van der Waals surface area contributed by atoms with Crippen molar-refractivity contribution in [1.82, 2.24) is 15.5 Å². The zero-order chi connectivity index (χ0) is 13.0. The predicted octanol–water partition coefficient (Wildman–Crippen LogP) is 3.25. The van der Waals surface area contributed by atoms with Gasteiger partial charge in [-0.2, -0.15) is 4.98 Å². The van der Waals surface area contributed by atoms with Gasteiger partial charge in [0.1, 0.15) is 0 Å². The third-order valence-electron chi connectivity index (χ3n) is 3.93. The Morgan fingerprint density at radius 1 is 1.28 bits per heavy atom. The molecule has 102 valence electrons. The largest absolute Gasteiger partial charge is 0.338 e. The quantitative estimate of drug-likeness (QED) is 0.872. The highest BCUT2D eigenvalue weighted by Crippen LogP contribution is 2.35. The van der Waals surface area contributed by atoms with E-state index in [2.05, 4.69) is 36.2 Å². The highest BCUT2D eigenvalue weighted by Gasteiger charge is 2.24. The molecule has 18 heavy (non-hydrogen) atoms. The molecule has 1 aliphatic carbocycles. The molecule has 0 aromatic carbocycles. The molecule has 0 aliphatic heterocycles. The molecule has 1 fully saturated rings. The molecule has 0 bridgehead atoms. The third-order valence-corrected chi connectivity index (χ3v) is 3.93. The van der Waals surface area contributed by atoms with Gasteiger partial charge in [0.2, 0.25) is 5.89 Å². The Balaban J connectivity index is 1.86. The molecule has 1 saturated carbocycles. The predicted molar refractivity (Wildman–Crippen MR) is 71.3 cm³/mol. The van der Waals surface area contributed by atoms with E-state index in [-0.39, 0.29) is 0 Å². The summed E-state index contributed by atoms with van der Waals surface area (Å²) in [5.41, 5.74) is 0. The average molecular weight is 251 g/mol. The summed E-state index contributed by atoms with van der Waals surface area (Å²) >= 11 is 0. The van der Waals surface area contributed by atoms with Crippen LogP contribution in [0.3, 0.4) is 0 Å². The van der Waals surface area contributed by atoms with Crippen molar-refractivity contribution in [3.63, 3.8) is 0 Å². The molecule has 1 aliphatic rings. The first-order chi connectivity index (χ1) is 8.69. The normalized spacial score (nSPS) is 24.7. The van der Waals surface area contributed by atoms with E-state index in [1.165, 1.54) is 32.1 Å². The van der Waals surface area contributed by atoms with Crippen molar-refractivity contribution in [2.24, 2.45) is 5.92 Å². The van der Waals surface area contributed by atoms with Crippen LogP contribution in [0.4, 0.5) is 0 Å². The van der Waals surface area contributed by atoms with Crippen LogP contribution in [0.2, 0.25) is 0 Å². The first-order valence-electron chi connectivity index (χ1n) is 7.25. The van der Waals surface area contributed by atoms with Crippen LogP contribution in [-0.2, 0) is 6.54 Å². The molecule has 1 heterocycles. The van der Waals surface area contributed by atoms with E-state index in [1.54, 1.807) is 0 Å². The van der Waals surface area contributed by atoms with E-state index in [0.717, 1.165) is 17.6 Å². The van der Waals surface area contributed by atoms with Crippen molar-refractivity contribution in [2.75, 3.05) is 0 Å². The van der Waals surface area contributed by atoms with Crippen molar-refractivity contribution < 1.29 is 4.52 Å². The minimum atomic E-state index is 0.445. The summed E-state index contributed by atoms with van der Waals surface area (Å²) in [5.74, 6) is 3.07. The second kappa shape index (κ2) is 6.32. The molecule has 0 atom stereocenters. The van der Waals surface area contributed by atoms with Crippen molar-refractivity contribution in [3.8, 4) is 0 Å². The minimum absolute atomic E-state index is 0.445. The molecule has 0 spiro atoms. The van der Waals surface area contributed by atoms with Gasteiger partial charge in [0.25, 0.3) is 0 Å². The lowest BCUT2D eigenvalue weighted by molar-refractivity contribution is 0.302. The van der Waals surface area contributed by atoms with Gasteiger partial charge >= 0.3 is 0 Å². The lowest BCUT2D eigenvalue weighted by Crippen LogP contribution is -2.22. The van der Waals surface area contributed by atoms with Gasteiger partial charge in [-0.05, 0) is 31.6 Å². The number of rotatable bonds is 5. The maximum atomic E-state index is 5.30. The molecule has 1 N–H and O–H groups in total. The molecular weight excluding hydrogens is 226 g/mol. The zero-order valence-electron chi connectivity index (χ0n) is 11.8. The Hall–Kier alpha value is -0.900. The lowest BCUT2D eigenvalue weighted by Gasteiger charge is -2.25. The minimum Gasteiger partial charge on any atom is -0.338 e. The van der Waals surface area contributed by atoms with Crippen LogP contribution < -0.4 is 5.32 Å². The Morgan fingerprint density at radius 3 is 2.61 bits per heavy atom. The van der Waals surface area contributed by atoms with Crippen LogP contribution in [0.25, 0.3) is 0 Å². The van der Waals surface area contributed by atoms with E-state index in [4.69, 9.17) is 4.52 Å². The standard InChI is InChI=1S/C14H25N3O/c1-4-11-5-7-12(8-6-11)14-16-13(18-17-14)9-15-10(2)3/h10-12,15H,4-9H2,1-3H3. The zero-order valence-corrected chi connectivity index (χ0v) is 11.8. The summed E-state index contributed by atoms with van der Waals surface area (Å²) in [4.78, 5) is 4.52. The first kappa shape index (κ1) is 13.5. The summed E-state index contributed by atoms with van der Waals surface area (Å²) in [6, 6.07) is 0.445. The lowest BCUT2D eigenvalue weighted by atomic mass is 9.80. The SMILES string of the molecule is CCC1CCC(c2noc(CNC(C)C)n2)CC1. The summed E-state index contributed by atoms with van der Waals surface area (Å²) in [6.07, 6.45) is 6.37. The number of hydrogen-bond acceptors (Lipinski definition) is 4. The fraction of sp³-hybridized carbons (Fsp3) is 0.857. The highest BCUT2D eigenvalue weighted by atomic mass is 16.5. The van der Waals surface area contributed by atoms with Gasteiger partial charge in [0.05, 0.1) is 6.54 Å². The van der Waals surface area contributed by atoms with Gasteiger partial charge in [0, 0.05) is 12.0 Å². The smallest absolute Gasteiger partial charge is 0.240 e. The summed E-state index contributed by atoms with van der Waals surface area (Å²) < 4.78 is 5.30. The molecule has 1 aromatic heterocycles. The van der Waals surface area contributed by atoms with Crippen LogP contribution in [0.15, 0.2) is 4.52 Å². The number of nitrogens with one attached hydrogen (secondary N) is 1. The fourth-order valence-electron chi connectivity index (χ4n) is 2.63. The summed E-state index contributed by atoms with van der Waals surface area (Å²) in [6.45, 7) is 7.19. The maximum Gasteiger partial charge on any atom is 0.240 e. The maximum absolute atomic E-state index is 5.30. The van der Waals surface area contributed by atoms with Crippen LogP contribution >= 0.6 is 0 Å². The molecule has 4 nitrogen and oxygen atoms in total. The van der Waals surface area contributed by atoms with Crippen LogP contribution in [-0.4, -0.2) is 16.2 Å². The topological polar surface area (TPSA) is 51.0 Å². The highest BCUT2D eigenvalue weighted by molar-refractivity contribution is 4.97. The van der Waals surface area contributed by atoms with Crippen LogP contribution in [0.5, 0.6) is 0 Å². The molecule has 4 heteroatoms. The van der Waals surface area contributed by atoms with E-state index >= 15 is 0 Å². The van der Waals surface area contributed by atoms with E-state index in [0.29, 0.717) is 18.5 Å². The second-order valence-corrected chi connectivity index (χ2v) is 5.71. The third kappa shape index (κ3) is 3.55. The Morgan fingerprint density at radius 2 is 2.00 bits per heavy atom. The molecule has 0 saturated heterocycles. The molecule has 0 unspecified atom stereocenters. The molecule has 2 rings (SSSR count). The average Bonchev–Trinajstić information content (AvgIpc) is 2.85. The van der Waals surface area contributed by atoms with Gasteiger partial charge in [0.15, 0.2) is 5.82 Å². The van der Waals surface area contributed by atoms with Crippen molar-refractivity contribution >= 4 is 0 Å². The van der Waals surface area contributed by atoms with E-state index in [1.807, 2.05) is 0 Å². The number of aromatic nitrogens is 2. The molecule has 0 amide bonds. The number of hydrogen-bond donors (Lipinski definition) is 1. The summed E-state index contributed by atoms with van der Waals surface area (Å²) in [7, 11) is 0. The van der Waals surface area contributed by atoms with Crippen LogP contribution in [0.1, 0.15) is 70.5 Å². The van der Waals surface area contributed by atoms with Gasteiger partial charge in [-0.15, -0.1) is 0 Å². The van der Waals surface area contributed by atoms with Crippen molar-refractivity contribution in [3.05, 3.63) is 11.7 Å². The molecular formula is C14H25N3O. The van der Waals surface area contributed by atoms with Gasteiger partial charge in [-0.3, -0.25) is 0 Å². The Labute approximate surface area is 110 Å². The molecule has 1 aromatic rings. The second-order valence-electron chi connectivity index (χ2n) is 5.71. The Kier molecular flexibility index (Phi) is 4.75. The summed E-state index contributed by atoms with van der Waals surface area (Å²) in [5, 5.41) is 7.44. The van der Waals surface area contributed by atoms with E-state index in [9.17, 15) is 0 Å². The Bertz CT molecular complexity index is 354. The van der Waals surface area contributed by atoms with E-state index < -0.39 is 0 Å². The van der Waals surface area contributed by atoms with Gasteiger partial charge in [-0.1, -0.05) is 32.3 Å². The number of nitrogens with zero attached hydrogens (tertiary/aromatic N) is 2.